The van der Waals surface area contributed by atoms with Crippen molar-refractivity contribution in [3.63, 3.8) is 0 Å². The molecule has 2 aromatic carbocycles. The van der Waals surface area contributed by atoms with Crippen LogP contribution in [0.2, 0.25) is 5.02 Å². The smallest absolute Gasteiger partial charge is 0.332 e. The zero-order chi connectivity index (χ0) is 15.4. The number of nitrogens with one attached hydrogen (secondary N) is 1. The van der Waals surface area contributed by atoms with Crippen LogP contribution in [-0.2, 0) is 9.53 Å². The molecule has 3 nitrogen and oxygen atoms in total. The van der Waals surface area contributed by atoms with E-state index in [-0.39, 0.29) is 16.3 Å². The van der Waals surface area contributed by atoms with Crippen LogP contribution >= 0.6 is 11.6 Å². The largest absolute Gasteiger partial charge is 0.467 e. The highest BCUT2D eigenvalue weighted by atomic mass is 35.5. The number of halogens is 3. The van der Waals surface area contributed by atoms with Crippen molar-refractivity contribution in [2.24, 2.45) is 0 Å². The maximum atomic E-state index is 13.7. The van der Waals surface area contributed by atoms with Gasteiger partial charge in [0.2, 0.25) is 0 Å². The highest BCUT2D eigenvalue weighted by Crippen LogP contribution is 2.25. The summed E-state index contributed by atoms with van der Waals surface area (Å²) in [5, 5.41) is 2.64. The number of benzene rings is 2. The number of methoxy groups -OCH3 is 1. The fourth-order valence-electron chi connectivity index (χ4n) is 1.82. The molecule has 0 fully saturated rings. The van der Waals surface area contributed by atoms with Crippen molar-refractivity contribution in [3.8, 4) is 0 Å². The van der Waals surface area contributed by atoms with Gasteiger partial charge in [-0.05, 0) is 29.8 Å². The average Bonchev–Trinajstić information content (AvgIpc) is 2.48. The fourth-order valence-corrected chi connectivity index (χ4v) is 1.94. The van der Waals surface area contributed by atoms with E-state index in [0.717, 1.165) is 6.07 Å². The Bertz CT molecular complexity index is 664. The zero-order valence-corrected chi connectivity index (χ0v) is 11.8. The third-order valence-corrected chi connectivity index (χ3v) is 3.19. The summed E-state index contributed by atoms with van der Waals surface area (Å²) in [6.45, 7) is 0. The molecule has 2 aromatic rings. The van der Waals surface area contributed by atoms with Gasteiger partial charge < -0.3 is 10.1 Å². The molecule has 0 aliphatic rings. The third-order valence-electron chi connectivity index (χ3n) is 2.89. The number of esters is 1. The van der Waals surface area contributed by atoms with Crippen LogP contribution < -0.4 is 5.32 Å². The van der Waals surface area contributed by atoms with E-state index < -0.39 is 23.6 Å². The standard InChI is InChI=1S/C15H12ClF2NO2/c1-21-15(20)14(9-6-7-10(16)12(18)8-9)19-13-5-3-2-4-11(13)17/h2-8,14,19H,1H3. The number of hydrogen-bond acceptors (Lipinski definition) is 3. The molecular formula is C15H12ClF2NO2. The molecule has 1 unspecified atom stereocenters. The van der Waals surface area contributed by atoms with E-state index in [0.29, 0.717) is 0 Å². The molecule has 0 spiro atoms. The Hall–Kier alpha value is -2.14. The highest BCUT2D eigenvalue weighted by Gasteiger charge is 2.23. The van der Waals surface area contributed by atoms with Crippen molar-refractivity contribution in [2.45, 2.75) is 6.04 Å². The third kappa shape index (κ3) is 3.49. The Kier molecular flexibility index (Phi) is 4.75. The van der Waals surface area contributed by atoms with Gasteiger partial charge in [0.25, 0.3) is 0 Å². The second-order valence-corrected chi connectivity index (χ2v) is 4.66. The summed E-state index contributed by atoms with van der Waals surface area (Å²) in [6.07, 6.45) is 0. The number of para-hydroxylation sites is 1. The van der Waals surface area contributed by atoms with Gasteiger partial charge in [0.15, 0.2) is 6.04 Å². The predicted octanol–water partition coefficient (Wildman–Crippen LogP) is 3.94. The van der Waals surface area contributed by atoms with Gasteiger partial charge in [0.05, 0.1) is 17.8 Å². The molecule has 1 atom stereocenters. The lowest BCUT2D eigenvalue weighted by molar-refractivity contribution is -0.141. The van der Waals surface area contributed by atoms with Crippen molar-refractivity contribution in [1.82, 2.24) is 0 Å². The lowest BCUT2D eigenvalue weighted by atomic mass is 10.1. The van der Waals surface area contributed by atoms with Crippen LogP contribution in [0.1, 0.15) is 11.6 Å². The van der Waals surface area contributed by atoms with E-state index in [1.807, 2.05) is 0 Å². The Morgan fingerprint density at radius 1 is 1.19 bits per heavy atom. The molecule has 110 valence electrons. The quantitative estimate of drug-likeness (QED) is 0.869. The molecule has 0 aromatic heterocycles. The maximum Gasteiger partial charge on any atom is 0.332 e. The first-order valence-corrected chi connectivity index (χ1v) is 6.44. The van der Waals surface area contributed by atoms with Crippen LogP contribution in [0.4, 0.5) is 14.5 Å². The van der Waals surface area contributed by atoms with Gasteiger partial charge in [0.1, 0.15) is 11.6 Å². The first-order valence-electron chi connectivity index (χ1n) is 6.06. The molecule has 0 heterocycles. The summed E-state index contributed by atoms with van der Waals surface area (Å²) < 4.78 is 31.9. The molecule has 0 saturated carbocycles. The van der Waals surface area contributed by atoms with E-state index in [1.54, 1.807) is 6.07 Å². The number of ether oxygens (including phenoxy) is 1. The van der Waals surface area contributed by atoms with Crippen LogP contribution in [-0.4, -0.2) is 13.1 Å². The van der Waals surface area contributed by atoms with Crippen molar-refractivity contribution in [1.29, 1.82) is 0 Å². The van der Waals surface area contributed by atoms with E-state index >= 15 is 0 Å². The summed E-state index contributed by atoms with van der Waals surface area (Å²) in [5.74, 6) is -1.86. The molecule has 0 amide bonds. The summed E-state index contributed by atoms with van der Waals surface area (Å²) in [4.78, 5) is 11.9. The van der Waals surface area contributed by atoms with Crippen molar-refractivity contribution < 1.29 is 18.3 Å². The number of hydrogen-bond donors (Lipinski definition) is 1. The van der Waals surface area contributed by atoms with Gasteiger partial charge in [0, 0.05) is 0 Å². The van der Waals surface area contributed by atoms with Gasteiger partial charge in [-0.3, -0.25) is 0 Å². The van der Waals surface area contributed by atoms with Gasteiger partial charge in [-0.1, -0.05) is 29.8 Å². The monoisotopic (exact) mass is 311 g/mol. The van der Waals surface area contributed by atoms with Gasteiger partial charge >= 0.3 is 5.97 Å². The normalized spacial score (nSPS) is 11.8. The number of carbonyl (C=O) groups is 1. The van der Waals surface area contributed by atoms with Crippen LogP contribution in [0.5, 0.6) is 0 Å². The van der Waals surface area contributed by atoms with Crippen LogP contribution in [0, 0.1) is 11.6 Å². The Morgan fingerprint density at radius 3 is 2.52 bits per heavy atom. The van der Waals surface area contributed by atoms with Crippen molar-refractivity contribution in [2.75, 3.05) is 12.4 Å². The molecule has 0 aliphatic heterocycles. The summed E-state index contributed by atoms with van der Waals surface area (Å²) >= 11 is 5.61. The Labute approximate surface area is 125 Å². The lowest BCUT2D eigenvalue weighted by Gasteiger charge is -2.18. The molecule has 0 radical (unpaired) electrons. The molecule has 2 rings (SSSR count). The Morgan fingerprint density at radius 2 is 1.90 bits per heavy atom. The predicted molar refractivity (Wildman–Crippen MR) is 76.2 cm³/mol. The summed E-state index contributed by atoms with van der Waals surface area (Å²) in [7, 11) is 1.20. The lowest BCUT2D eigenvalue weighted by Crippen LogP contribution is -2.23. The minimum Gasteiger partial charge on any atom is -0.467 e. The van der Waals surface area contributed by atoms with Gasteiger partial charge in [-0.2, -0.15) is 0 Å². The first-order chi connectivity index (χ1) is 10.0. The van der Waals surface area contributed by atoms with E-state index in [4.69, 9.17) is 11.6 Å². The van der Waals surface area contributed by atoms with E-state index in [9.17, 15) is 13.6 Å². The molecule has 6 heteroatoms. The van der Waals surface area contributed by atoms with Gasteiger partial charge in [-0.25, -0.2) is 13.6 Å². The molecule has 0 aliphatic carbocycles. The summed E-state index contributed by atoms with van der Waals surface area (Å²) in [5.41, 5.74) is 0.398. The first kappa shape index (κ1) is 15.3. The number of carbonyl (C=O) groups excluding carboxylic acids is 1. The van der Waals surface area contributed by atoms with Crippen molar-refractivity contribution >= 4 is 23.3 Å². The van der Waals surface area contributed by atoms with Crippen LogP contribution in [0.15, 0.2) is 42.5 Å². The topological polar surface area (TPSA) is 38.3 Å². The minimum atomic E-state index is -1.04. The zero-order valence-electron chi connectivity index (χ0n) is 11.1. The fraction of sp³-hybridized carbons (Fsp3) is 0.133. The van der Waals surface area contributed by atoms with Crippen LogP contribution in [0.3, 0.4) is 0 Å². The number of anilines is 1. The maximum absolute atomic E-state index is 13.7. The highest BCUT2D eigenvalue weighted by molar-refractivity contribution is 6.30. The summed E-state index contributed by atoms with van der Waals surface area (Å²) in [6, 6.07) is 8.72. The number of rotatable bonds is 4. The van der Waals surface area contributed by atoms with Crippen LogP contribution in [0.25, 0.3) is 0 Å². The molecule has 21 heavy (non-hydrogen) atoms. The SMILES string of the molecule is COC(=O)C(Nc1ccccc1F)c1ccc(Cl)c(F)c1. The van der Waals surface area contributed by atoms with Crippen molar-refractivity contribution in [3.05, 3.63) is 64.7 Å². The molecule has 0 saturated heterocycles. The van der Waals surface area contributed by atoms with Gasteiger partial charge in [-0.15, -0.1) is 0 Å². The van der Waals surface area contributed by atoms with E-state index in [2.05, 4.69) is 10.1 Å². The average molecular weight is 312 g/mol. The second kappa shape index (κ2) is 6.54. The molecular weight excluding hydrogens is 300 g/mol. The second-order valence-electron chi connectivity index (χ2n) is 4.25. The minimum absolute atomic E-state index is 0.0618. The Balaban J connectivity index is 2.37. The molecule has 1 N–H and O–H groups in total. The van der Waals surface area contributed by atoms with E-state index in [1.165, 1.54) is 37.4 Å². The molecule has 0 bridgehead atoms.